The zero-order valence-corrected chi connectivity index (χ0v) is 15.5. The Labute approximate surface area is 191 Å². The molecule has 4 nitrogen and oxygen atoms in total. The van der Waals surface area contributed by atoms with Crippen LogP contribution in [0.3, 0.4) is 0 Å². The molecule has 0 aromatic carbocycles. The van der Waals surface area contributed by atoms with Crippen LogP contribution >= 0.6 is 7.82 Å². The van der Waals surface area contributed by atoms with Gasteiger partial charge in [0.2, 0.25) is 0 Å². The van der Waals surface area contributed by atoms with Gasteiger partial charge in [0.1, 0.15) is 0 Å². The maximum atomic E-state index is 8.88. The number of hydrogen-bond acceptors (Lipinski definition) is 1. The van der Waals surface area contributed by atoms with Crippen molar-refractivity contribution in [3.05, 3.63) is 0 Å². The molecule has 0 rings (SSSR count). The summed E-state index contributed by atoms with van der Waals surface area (Å²) < 4.78 is 8.88. The van der Waals surface area contributed by atoms with Crippen molar-refractivity contribution in [2.75, 3.05) is 0 Å². The van der Waals surface area contributed by atoms with E-state index in [0.29, 0.717) is 0 Å². The normalized spacial score (nSPS) is 5.36. The number of phosphoric acid groups is 1. The van der Waals surface area contributed by atoms with Crippen molar-refractivity contribution in [3.8, 4) is 0 Å². The van der Waals surface area contributed by atoms with E-state index in [9.17, 15) is 0 Å². The first kappa shape index (κ1) is 44.4. The van der Waals surface area contributed by atoms with E-state index in [2.05, 4.69) is 0 Å². The fourth-order valence-corrected chi connectivity index (χ4v) is 0. The molecule has 0 fully saturated rings. The summed E-state index contributed by atoms with van der Waals surface area (Å²) in [7, 11) is -4.64. The molecule has 0 aliphatic heterocycles. The second kappa shape index (κ2) is 24.3. The molecule has 0 heterocycles. The van der Waals surface area contributed by atoms with E-state index in [1.165, 1.54) is 0 Å². The van der Waals surface area contributed by atoms with Crippen molar-refractivity contribution < 1.29 is 37.2 Å². The Morgan fingerprint density at radius 3 is 0.818 bits per heavy atom. The van der Waals surface area contributed by atoms with Gasteiger partial charge in [0, 0.05) is 0 Å². The van der Waals surface area contributed by atoms with Crippen LogP contribution in [-0.2, 0) is 4.57 Å². The summed E-state index contributed by atoms with van der Waals surface area (Å²) in [6.07, 6.45) is 0. The maximum Gasteiger partial charge on any atom is 2.00 e. The molecule has 0 radical (unpaired) electrons. The molecule has 0 aliphatic rings. The Kier molecular flexibility index (Phi) is 98.2. The van der Waals surface area contributed by atoms with Crippen LogP contribution in [0.15, 0.2) is 0 Å². The molecule has 0 saturated heterocycles. The minimum atomic E-state index is -4.64. The number of hydrogen-bond donors (Lipinski definition) is 3. The third-order valence-electron chi connectivity index (χ3n) is 0. The van der Waals surface area contributed by atoms with Gasteiger partial charge in [-0.15, -0.1) is 0 Å². The molecule has 0 aromatic heterocycles. The van der Waals surface area contributed by atoms with E-state index in [1.807, 2.05) is 0 Å². The van der Waals surface area contributed by atoms with Gasteiger partial charge in [0.05, 0.1) is 0 Å². The van der Waals surface area contributed by atoms with Crippen LogP contribution in [0.4, 0.5) is 0 Å². The molecular formula is H9Ca4F2O4P. The van der Waals surface area contributed by atoms with E-state index < -0.39 is 7.82 Å². The average molecular weight is 302 g/mol. The second-order valence-electron chi connectivity index (χ2n) is 0.513. The summed E-state index contributed by atoms with van der Waals surface area (Å²) in [6.45, 7) is 0. The van der Waals surface area contributed by atoms with Gasteiger partial charge in [-0.2, -0.15) is 0 Å². The molecule has 11 heavy (non-hydrogen) atoms. The molecule has 0 aromatic rings. The van der Waals surface area contributed by atoms with Crippen LogP contribution < -0.4 is 9.41 Å². The van der Waals surface area contributed by atoms with Gasteiger partial charge >= 0.3 is 159 Å². The fourth-order valence-electron chi connectivity index (χ4n) is 0. The number of rotatable bonds is 0. The summed E-state index contributed by atoms with van der Waals surface area (Å²) in [5, 5.41) is 0. The van der Waals surface area contributed by atoms with Crippen molar-refractivity contribution in [3.63, 3.8) is 0 Å². The Bertz CT molecular complexity index is 82.2. The van der Waals surface area contributed by atoms with Crippen molar-refractivity contribution in [1.82, 2.24) is 0 Å². The summed E-state index contributed by atoms with van der Waals surface area (Å²) in [5.74, 6) is 0. The van der Waals surface area contributed by atoms with E-state index in [4.69, 9.17) is 19.2 Å². The zero-order valence-electron chi connectivity index (χ0n) is 11.8. The maximum absolute atomic E-state index is 8.88. The molecule has 0 atom stereocenters. The quantitative estimate of drug-likeness (QED) is 0.307. The SMILES string of the molecule is O=P(O)(O)O.[Ca+2].[Ca+2].[Ca+2].[Ca+2].[F-].[F-].[H-].[H-].[H-].[H-].[H-].[H-]. The van der Waals surface area contributed by atoms with Crippen LogP contribution in [0.2, 0.25) is 0 Å². The number of halogens is 2. The summed E-state index contributed by atoms with van der Waals surface area (Å²) in [5.41, 5.74) is 0. The van der Waals surface area contributed by atoms with E-state index >= 15 is 0 Å². The van der Waals surface area contributed by atoms with Crippen molar-refractivity contribution in [1.29, 1.82) is 0 Å². The van der Waals surface area contributed by atoms with Gasteiger partial charge in [-0.1, -0.05) is 0 Å². The van der Waals surface area contributed by atoms with Crippen LogP contribution in [0.1, 0.15) is 8.56 Å². The monoisotopic (exact) mass is 302 g/mol. The van der Waals surface area contributed by atoms with Gasteiger partial charge < -0.3 is 32.6 Å². The first-order valence-electron chi connectivity index (χ1n) is 0.783. The largest absolute Gasteiger partial charge is 2.00 e. The molecule has 0 unspecified atom stereocenters. The third-order valence-corrected chi connectivity index (χ3v) is 0. The third kappa shape index (κ3) is 101. The minimum Gasteiger partial charge on any atom is -1.00 e. The molecule has 11 heteroatoms. The predicted octanol–water partition coefficient (Wildman–Crippen LogP) is -7.77. The Hall–Kier alpha value is 5.01. The predicted molar refractivity (Wildman–Crippen MR) is 44.0 cm³/mol. The van der Waals surface area contributed by atoms with E-state index in [1.54, 1.807) is 0 Å². The minimum absolute atomic E-state index is 0. The molecule has 60 valence electrons. The molecule has 0 spiro atoms. The summed E-state index contributed by atoms with van der Waals surface area (Å²) >= 11 is 0. The van der Waals surface area contributed by atoms with Crippen molar-refractivity contribution in [2.24, 2.45) is 0 Å². The van der Waals surface area contributed by atoms with Crippen LogP contribution in [0.25, 0.3) is 0 Å². The van der Waals surface area contributed by atoms with E-state index in [-0.39, 0.29) is 169 Å². The van der Waals surface area contributed by atoms with Crippen LogP contribution in [-0.4, -0.2) is 166 Å². The molecule has 0 bridgehead atoms. The Morgan fingerprint density at radius 2 is 0.818 bits per heavy atom. The first-order chi connectivity index (χ1) is 2.00. The summed E-state index contributed by atoms with van der Waals surface area (Å²) in [6, 6.07) is 0. The Balaban J connectivity index is -0.00000000121. The topological polar surface area (TPSA) is 77.8 Å². The fraction of sp³-hybridized carbons (Fsp3) is 0. The first-order valence-corrected chi connectivity index (χ1v) is 2.35. The molecule has 0 saturated carbocycles. The van der Waals surface area contributed by atoms with Crippen LogP contribution in [0.5, 0.6) is 0 Å². The van der Waals surface area contributed by atoms with E-state index in [0.717, 1.165) is 0 Å². The van der Waals surface area contributed by atoms with Gasteiger partial charge in [-0.3, -0.25) is 0 Å². The van der Waals surface area contributed by atoms with Crippen molar-refractivity contribution in [2.45, 2.75) is 0 Å². The van der Waals surface area contributed by atoms with Gasteiger partial charge in [0.25, 0.3) is 0 Å². The molecule has 0 amide bonds. The summed E-state index contributed by atoms with van der Waals surface area (Å²) in [4.78, 5) is 21.6. The van der Waals surface area contributed by atoms with Gasteiger partial charge in [0.15, 0.2) is 0 Å². The second-order valence-corrected chi connectivity index (χ2v) is 1.54. The molecule has 0 aliphatic carbocycles. The standard InChI is InChI=1S/4Ca.2FH.H3O4P.6H/c;;;;;;1-5(2,3)4;;;;;;/h;;;;2*1H;(H3,1,2,3,4);;;;;;/q4*+2;;;;6*-1/p-2. The van der Waals surface area contributed by atoms with Crippen LogP contribution in [0, 0.1) is 0 Å². The van der Waals surface area contributed by atoms with Gasteiger partial charge in [-0.25, -0.2) is 4.57 Å². The zero-order chi connectivity index (χ0) is 4.50. The van der Waals surface area contributed by atoms with Crippen molar-refractivity contribution >= 4 is 159 Å². The molecular weight excluding hydrogens is 293 g/mol. The smallest absolute Gasteiger partial charge is 1.00 e. The average Bonchev–Trinajstić information content (AvgIpc) is 0.722. The molecule has 3 N–H and O–H groups in total. The van der Waals surface area contributed by atoms with Gasteiger partial charge in [-0.05, 0) is 0 Å². The Morgan fingerprint density at radius 1 is 0.818 bits per heavy atom.